The zero-order valence-electron chi connectivity index (χ0n) is 13.4. The number of hydrogen-bond acceptors (Lipinski definition) is 0. The van der Waals surface area contributed by atoms with Crippen molar-refractivity contribution in [3.63, 3.8) is 0 Å². The van der Waals surface area contributed by atoms with Gasteiger partial charge >= 0.3 is 0 Å². The normalized spacial score (nSPS) is 87.0. The van der Waals surface area contributed by atoms with Gasteiger partial charge in [-0.1, -0.05) is 27.7 Å². The second-order valence-electron chi connectivity index (χ2n) is 10.7. The Hall–Kier alpha value is 0. The molecule has 7 saturated carbocycles. The van der Waals surface area contributed by atoms with Crippen LogP contribution in [0, 0.1) is 75.4 Å². The minimum absolute atomic E-state index is 0.738. The summed E-state index contributed by atoms with van der Waals surface area (Å²) in [6, 6.07) is 0. The van der Waals surface area contributed by atoms with Gasteiger partial charge in [0.25, 0.3) is 0 Å². The van der Waals surface area contributed by atoms with Crippen LogP contribution in [0.2, 0.25) is 0 Å². The molecule has 13 atom stereocenters. The van der Waals surface area contributed by atoms with Gasteiger partial charge in [0.15, 0.2) is 0 Å². The molecule has 0 nitrogen and oxygen atoms in total. The molecule has 20 heavy (non-hydrogen) atoms. The zero-order valence-corrected chi connectivity index (χ0v) is 13.4. The van der Waals surface area contributed by atoms with E-state index < -0.39 is 0 Å². The summed E-state index contributed by atoms with van der Waals surface area (Å²) in [5.74, 6) is 11.8. The van der Waals surface area contributed by atoms with E-state index in [1.165, 1.54) is 41.4 Å². The van der Waals surface area contributed by atoms with Gasteiger partial charge in [0.2, 0.25) is 0 Å². The summed E-state index contributed by atoms with van der Waals surface area (Å²) in [5, 5.41) is 0. The first-order valence-electron chi connectivity index (χ1n) is 9.49. The predicted molar refractivity (Wildman–Crippen MR) is 78.7 cm³/mol. The van der Waals surface area contributed by atoms with Gasteiger partial charge in [-0.05, 0) is 94.7 Å². The number of hydrogen-bond donors (Lipinski definition) is 0. The molecule has 0 amide bonds. The van der Waals surface area contributed by atoms with Crippen molar-refractivity contribution in [2.75, 3.05) is 0 Å². The van der Waals surface area contributed by atoms with E-state index in [1.54, 1.807) is 19.3 Å². The molecule has 0 aromatic heterocycles. The quantitative estimate of drug-likeness (QED) is 0.569. The van der Waals surface area contributed by atoms with Gasteiger partial charge in [0.05, 0.1) is 0 Å². The molecule has 0 saturated heterocycles. The third-order valence-electron chi connectivity index (χ3n) is 12.0. The topological polar surface area (TPSA) is 0 Å². The molecule has 0 heteroatoms. The molecule has 0 N–H and O–H groups in total. The summed E-state index contributed by atoms with van der Waals surface area (Å²) in [6.07, 6.45) is 4.78. The predicted octanol–water partition coefficient (Wildman–Crippen LogP) is 4.45. The maximum Gasteiger partial charge on any atom is -0.0173 e. The maximum absolute atomic E-state index is 2.75. The first kappa shape index (κ1) is 10.7. The maximum atomic E-state index is 2.75. The van der Waals surface area contributed by atoms with Crippen LogP contribution in [0.5, 0.6) is 0 Å². The van der Waals surface area contributed by atoms with Gasteiger partial charge in [0, 0.05) is 0 Å². The van der Waals surface area contributed by atoms with Gasteiger partial charge in [-0.25, -0.2) is 0 Å². The van der Waals surface area contributed by atoms with E-state index >= 15 is 0 Å². The fourth-order valence-electron chi connectivity index (χ4n) is 11.0. The largest absolute Gasteiger partial charge is 0.0619 e. The second kappa shape index (κ2) is 2.37. The molecule has 0 aromatic rings. The average Bonchev–Trinajstić information content (AvgIpc) is 2.40. The Morgan fingerprint density at radius 1 is 0.750 bits per heavy atom. The lowest BCUT2D eigenvalue weighted by molar-refractivity contribution is -0.547. The van der Waals surface area contributed by atoms with Crippen LogP contribution in [-0.2, 0) is 0 Å². The lowest BCUT2D eigenvalue weighted by atomic mass is 9.03. The van der Waals surface area contributed by atoms with Crippen molar-refractivity contribution in [3.05, 3.63) is 0 Å². The summed E-state index contributed by atoms with van der Waals surface area (Å²) >= 11 is 0. The van der Waals surface area contributed by atoms with Crippen LogP contribution in [0.4, 0.5) is 0 Å². The minimum atomic E-state index is 0.738. The van der Waals surface area contributed by atoms with Crippen molar-refractivity contribution >= 4 is 0 Å². The molecule has 7 aliphatic rings. The van der Waals surface area contributed by atoms with Crippen molar-refractivity contribution in [2.24, 2.45) is 75.4 Å². The molecule has 7 aliphatic carbocycles. The van der Waals surface area contributed by atoms with Gasteiger partial charge in [-0.3, -0.25) is 0 Å². The van der Waals surface area contributed by atoms with Crippen LogP contribution in [0.25, 0.3) is 0 Å². The fraction of sp³-hybridized carbons (Fsp3) is 1.00. The van der Waals surface area contributed by atoms with E-state index in [9.17, 15) is 0 Å². The van der Waals surface area contributed by atoms with Gasteiger partial charge in [0.1, 0.15) is 0 Å². The average molecular weight is 268 g/mol. The zero-order chi connectivity index (χ0) is 13.4. The van der Waals surface area contributed by atoms with E-state index in [2.05, 4.69) is 27.7 Å². The third-order valence-corrected chi connectivity index (χ3v) is 12.0. The van der Waals surface area contributed by atoms with Crippen LogP contribution in [0.15, 0.2) is 0 Å². The molecule has 0 aromatic carbocycles. The first-order chi connectivity index (χ1) is 9.49. The van der Waals surface area contributed by atoms with Crippen molar-refractivity contribution in [3.8, 4) is 0 Å². The highest BCUT2D eigenvalue weighted by Crippen LogP contribution is 3.01. The second-order valence-corrected chi connectivity index (χ2v) is 10.7. The Morgan fingerprint density at radius 3 is 2.10 bits per heavy atom. The highest BCUT2D eigenvalue weighted by molar-refractivity contribution is 5.44. The Bertz CT molecular complexity index is 571. The smallest absolute Gasteiger partial charge is 0.0173 e. The molecule has 7 fully saturated rings. The van der Waals surface area contributed by atoms with Crippen LogP contribution in [-0.4, -0.2) is 0 Å². The molecule has 13 unspecified atom stereocenters. The Kier molecular flexibility index (Phi) is 1.26. The van der Waals surface area contributed by atoms with E-state index in [0.29, 0.717) is 0 Å². The SMILES string of the molecule is CC1CC2C3C4C5C6C7CCC7C6C5C4(C)C3(C)C12C. The number of fused-ring (bicyclic) bond motifs is 16. The summed E-state index contributed by atoms with van der Waals surface area (Å²) in [5.41, 5.74) is 2.26. The lowest BCUT2D eigenvalue weighted by Crippen LogP contribution is -2.98. The van der Waals surface area contributed by atoms with Crippen molar-refractivity contribution in [2.45, 2.75) is 47.0 Å². The minimum Gasteiger partial charge on any atom is -0.0619 e. The Balaban J connectivity index is 1.33. The van der Waals surface area contributed by atoms with E-state index in [-0.39, 0.29) is 0 Å². The molecule has 0 aliphatic heterocycles. The Labute approximate surface area is 123 Å². The fourth-order valence-corrected chi connectivity index (χ4v) is 11.0. The third kappa shape index (κ3) is 0.553. The van der Waals surface area contributed by atoms with Crippen LogP contribution < -0.4 is 0 Å². The summed E-state index contributed by atoms with van der Waals surface area (Å²) in [6.45, 7) is 10.7. The molecule has 108 valence electrons. The molecule has 0 spiro atoms. The van der Waals surface area contributed by atoms with Gasteiger partial charge in [-0.15, -0.1) is 0 Å². The van der Waals surface area contributed by atoms with Crippen LogP contribution >= 0.6 is 0 Å². The highest BCUT2D eigenvalue weighted by Gasteiger charge is 2.97. The highest BCUT2D eigenvalue weighted by atomic mass is 15.0. The van der Waals surface area contributed by atoms with Crippen molar-refractivity contribution < 1.29 is 0 Å². The van der Waals surface area contributed by atoms with E-state index in [0.717, 1.165) is 34.0 Å². The van der Waals surface area contributed by atoms with E-state index in [4.69, 9.17) is 0 Å². The van der Waals surface area contributed by atoms with Crippen molar-refractivity contribution in [1.82, 2.24) is 0 Å². The van der Waals surface area contributed by atoms with Gasteiger partial charge in [-0.2, -0.15) is 0 Å². The lowest BCUT2D eigenvalue weighted by Gasteiger charge is -3.01. The summed E-state index contributed by atoms with van der Waals surface area (Å²) in [7, 11) is 0. The molecule has 0 bridgehead atoms. The van der Waals surface area contributed by atoms with Crippen LogP contribution in [0.1, 0.15) is 47.0 Å². The Morgan fingerprint density at radius 2 is 1.45 bits per heavy atom. The summed E-state index contributed by atoms with van der Waals surface area (Å²) < 4.78 is 0. The first-order valence-corrected chi connectivity index (χ1v) is 9.49. The molecular weight excluding hydrogens is 240 g/mol. The van der Waals surface area contributed by atoms with E-state index in [1.807, 2.05) is 0 Å². The number of rotatable bonds is 0. The summed E-state index contributed by atoms with van der Waals surface area (Å²) in [4.78, 5) is 0. The van der Waals surface area contributed by atoms with Crippen molar-refractivity contribution in [1.29, 1.82) is 0 Å². The molecule has 7 rings (SSSR count). The standard InChI is InChI=1S/C20H28/c1-8-7-11-15-17-14-12-9-5-6-10(9)13(12)16(14)19(17,3)20(15,4)18(8,11)2/h8-17H,5-7H2,1-4H3. The molecule has 0 heterocycles. The van der Waals surface area contributed by atoms with Gasteiger partial charge < -0.3 is 0 Å². The monoisotopic (exact) mass is 268 g/mol. The molecule has 0 radical (unpaired) electrons. The molecular formula is C20H28. The van der Waals surface area contributed by atoms with Crippen LogP contribution in [0.3, 0.4) is 0 Å².